The Hall–Kier alpha value is -7.70. The maximum absolute atomic E-state index is 6.09. The van der Waals surface area contributed by atoms with Crippen LogP contribution in [-0.2, 0) is 0 Å². The number of hydrogen-bond donors (Lipinski definition) is 0. The highest BCUT2D eigenvalue weighted by Gasteiger charge is 2.17. The minimum absolute atomic E-state index is 0.597. The number of rotatable bonds is 7. The second-order valence-corrected chi connectivity index (χ2v) is 13.9. The normalized spacial score (nSPS) is 11.6. The molecule has 264 valence electrons. The van der Waals surface area contributed by atoms with Crippen LogP contribution in [-0.4, -0.2) is 14.5 Å². The second-order valence-electron chi connectivity index (χ2n) is 13.9. The van der Waals surface area contributed by atoms with Crippen LogP contribution in [0.5, 0.6) is 0 Å². The van der Waals surface area contributed by atoms with Gasteiger partial charge in [0.05, 0.1) is 11.0 Å². The van der Waals surface area contributed by atoms with E-state index in [0.717, 1.165) is 67.2 Å². The molecular weight excluding hydrogens is 689 g/mol. The minimum Gasteiger partial charge on any atom is -0.436 e. The zero-order valence-electron chi connectivity index (χ0n) is 30.1. The quantitative estimate of drug-likeness (QED) is 0.164. The average molecular weight is 721 g/mol. The third-order valence-electron chi connectivity index (χ3n) is 10.5. The number of nitrogens with zero attached hydrogens (tertiary/aromatic N) is 4. The van der Waals surface area contributed by atoms with Gasteiger partial charge in [-0.1, -0.05) is 84.9 Å². The Kier molecular flexibility index (Phi) is 7.38. The molecule has 0 aliphatic heterocycles. The summed E-state index contributed by atoms with van der Waals surface area (Å²) in [5.74, 6) is 1.19. The number of anilines is 3. The van der Waals surface area contributed by atoms with Gasteiger partial charge in [-0.25, -0.2) is 9.97 Å². The van der Waals surface area contributed by atoms with Crippen molar-refractivity contribution in [2.45, 2.75) is 0 Å². The van der Waals surface area contributed by atoms with Crippen molar-refractivity contribution in [3.8, 4) is 39.7 Å². The first kappa shape index (κ1) is 31.8. The molecule has 0 unspecified atom stereocenters. The topological polar surface area (TPSA) is 60.2 Å². The molecule has 0 aliphatic carbocycles. The van der Waals surface area contributed by atoms with E-state index in [9.17, 15) is 0 Å². The van der Waals surface area contributed by atoms with Gasteiger partial charge in [0.1, 0.15) is 11.0 Å². The second kappa shape index (κ2) is 13.0. The predicted octanol–water partition coefficient (Wildman–Crippen LogP) is 13.5. The van der Waals surface area contributed by atoms with Gasteiger partial charge in [-0.05, 0) is 120 Å². The van der Waals surface area contributed by atoms with Crippen molar-refractivity contribution in [2.24, 2.45) is 0 Å². The lowest BCUT2D eigenvalue weighted by molar-refractivity contribution is 0.619. The number of benzene rings is 8. The largest absolute Gasteiger partial charge is 0.436 e. The fourth-order valence-corrected chi connectivity index (χ4v) is 7.75. The molecule has 0 saturated carbocycles. The van der Waals surface area contributed by atoms with Crippen molar-refractivity contribution in [1.29, 1.82) is 0 Å². The van der Waals surface area contributed by atoms with Gasteiger partial charge >= 0.3 is 0 Å². The van der Waals surface area contributed by atoms with Gasteiger partial charge in [-0.15, -0.1) is 0 Å². The van der Waals surface area contributed by atoms with Crippen molar-refractivity contribution >= 4 is 61.1 Å². The lowest BCUT2D eigenvalue weighted by Crippen LogP contribution is -2.09. The molecular formula is C50H32N4O2. The zero-order chi connectivity index (χ0) is 37.0. The first-order valence-electron chi connectivity index (χ1n) is 18.6. The molecule has 3 heterocycles. The third-order valence-corrected chi connectivity index (χ3v) is 10.5. The molecule has 8 aromatic carbocycles. The van der Waals surface area contributed by atoms with Crippen LogP contribution in [0.1, 0.15) is 0 Å². The first-order chi connectivity index (χ1) is 27.7. The number of fused-ring (bicyclic) bond motifs is 5. The standard InChI is InChI=1S/C50H32N4O2/c1-2-10-37(11-3-1)54-45-15-7-4-12-41(45)42-31-24-36(32-46(42)54)33-18-25-38(26-19-33)53(39-27-20-34(21-28-39)49-51-43-13-5-8-16-47(43)55-49)40-29-22-35(23-30-40)50-52-44-14-6-9-17-48(44)56-50/h1-32H. The molecule has 0 bridgehead atoms. The van der Waals surface area contributed by atoms with E-state index in [1.165, 1.54) is 21.8 Å². The van der Waals surface area contributed by atoms with E-state index in [4.69, 9.17) is 18.8 Å². The Morgan fingerprint density at radius 2 is 0.839 bits per heavy atom. The summed E-state index contributed by atoms with van der Waals surface area (Å²) in [7, 11) is 0. The van der Waals surface area contributed by atoms with Gasteiger partial charge in [-0.2, -0.15) is 0 Å². The number of oxazole rings is 2. The summed E-state index contributed by atoms with van der Waals surface area (Å²) in [6.07, 6.45) is 0. The molecule has 0 spiro atoms. The van der Waals surface area contributed by atoms with Crippen LogP contribution >= 0.6 is 0 Å². The highest BCUT2D eigenvalue weighted by Crippen LogP contribution is 2.39. The maximum atomic E-state index is 6.09. The number of hydrogen-bond acceptors (Lipinski definition) is 5. The molecule has 0 fully saturated rings. The summed E-state index contributed by atoms with van der Waals surface area (Å²) in [5, 5.41) is 2.48. The molecule has 11 aromatic rings. The highest BCUT2D eigenvalue weighted by molar-refractivity contribution is 6.10. The van der Waals surface area contributed by atoms with Crippen LogP contribution in [0.15, 0.2) is 203 Å². The van der Waals surface area contributed by atoms with E-state index in [-0.39, 0.29) is 0 Å². The van der Waals surface area contributed by atoms with Crippen LogP contribution in [0.25, 0.3) is 83.7 Å². The van der Waals surface area contributed by atoms with Crippen molar-refractivity contribution in [3.63, 3.8) is 0 Å². The van der Waals surface area contributed by atoms with Crippen molar-refractivity contribution < 1.29 is 8.83 Å². The predicted molar refractivity (Wildman–Crippen MR) is 227 cm³/mol. The average Bonchev–Trinajstić information content (AvgIpc) is 3.99. The maximum Gasteiger partial charge on any atom is 0.227 e. The molecule has 56 heavy (non-hydrogen) atoms. The monoisotopic (exact) mass is 720 g/mol. The Balaban J connectivity index is 0.981. The van der Waals surface area contributed by atoms with E-state index < -0.39 is 0 Å². The summed E-state index contributed by atoms with van der Waals surface area (Å²) in [6, 6.07) is 67.2. The molecule has 0 atom stereocenters. The molecule has 0 aliphatic rings. The van der Waals surface area contributed by atoms with E-state index in [1.807, 2.05) is 48.5 Å². The minimum atomic E-state index is 0.597. The SMILES string of the molecule is c1ccc(-n2c3ccccc3c3ccc(-c4ccc(N(c5ccc(-c6nc7ccccc7o6)cc5)c5ccc(-c6nc7ccccc7o6)cc5)cc4)cc32)cc1. The van der Waals surface area contributed by atoms with Crippen LogP contribution in [0.2, 0.25) is 0 Å². The summed E-state index contributed by atoms with van der Waals surface area (Å²) >= 11 is 0. The van der Waals surface area contributed by atoms with Gasteiger partial charge in [0.15, 0.2) is 11.2 Å². The molecule has 0 N–H and O–H groups in total. The Morgan fingerprint density at radius 3 is 1.41 bits per heavy atom. The molecule has 0 amide bonds. The fourth-order valence-electron chi connectivity index (χ4n) is 7.75. The van der Waals surface area contributed by atoms with E-state index in [0.29, 0.717) is 11.8 Å². The van der Waals surface area contributed by atoms with E-state index in [2.05, 4.69) is 155 Å². The fraction of sp³-hybridized carbons (Fsp3) is 0. The van der Waals surface area contributed by atoms with E-state index in [1.54, 1.807) is 0 Å². The summed E-state index contributed by atoms with van der Waals surface area (Å²) < 4.78 is 14.5. The first-order valence-corrected chi connectivity index (χ1v) is 18.6. The van der Waals surface area contributed by atoms with Gasteiger partial charge in [-0.3, -0.25) is 0 Å². The smallest absolute Gasteiger partial charge is 0.227 e. The van der Waals surface area contributed by atoms with Crippen LogP contribution in [0, 0.1) is 0 Å². The molecule has 6 nitrogen and oxygen atoms in total. The number of aromatic nitrogens is 3. The van der Waals surface area contributed by atoms with Gasteiger partial charge in [0, 0.05) is 44.6 Å². The van der Waals surface area contributed by atoms with Gasteiger partial charge in [0.25, 0.3) is 0 Å². The summed E-state index contributed by atoms with van der Waals surface area (Å²) in [4.78, 5) is 11.7. The van der Waals surface area contributed by atoms with E-state index >= 15 is 0 Å². The molecule has 0 saturated heterocycles. The number of para-hydroxylation sites is 6. The molecule has 11 rings (SSSR count). The molecule has 6 heteroatoms. The Morgan fingerprint density at radius 1 is 0.375 bits per heavy atom. The Labute approximate surface area is 322 Å². The van der Waals surface area contributed by atoms with Crippen molar-refractivity contribution in [3.05, 3.63) is 194 Å². The van der Waals surface area contributed by atoms with Crippen molar-refractivity contribution in [1.82, 2.24) is 14.5 Å². The summed E-state index contributed by atoms with van der Waals surface area (Å²) in [5.41, 5.74) is 13.9. The lowest BCUT2D eigenvalue weighted by atomic mass is 10.0. The lowest BCUT2D eigenvalue weighted by Gasteiger charge is -2.26. The van der Waals surface area contributed by atoms with Gasteiger partial charge in [0.2, 0.25) is 11.8 Å². The third kappa shape index (κ3) is 5.43. The summed E-state index contributed by atoms with van der Waals surface area (Å²) in [6.45, 7) is 0. The highest BCUT2D eigenvalue weighted by atomic mass is 16.4. The van der Waals surface area contributed by atoms with Crippen molar-refractivity contribution in [2.75, 3.05) is 4.90 Å². The van der Waals surface area contributed by atoms with Gasteiger partial charge < -0.3 is 18.3 Å². The van der Waals surface area contributed by atoms with Crippen LogP contribution < -0.4 is 4.90 Å². The molecule has 3 aromatic heterocycles. The Bertz CT molecular complexity index is 2990. The molecule has 0 radical (unpaired) electrons. The van der Waals surface area contributed by atoms with Crippen LogP contribution in [0.3, 0.4) is 0 Å². The zero-order valence-corrected chi connectivity index (χ0v) is 30.1. The van der Waals surface area contributed by atoms with Crippen LogP contribution in [0.4, 0.5) is 17.1 Å².